The quantitative estimate of drug-likeness (QED) is 0.0161. The van der Waals surface area contributed by atoms with Gasteiger partial charge < -0.3 is 67.8 Å². The minimum absolute atomic E-state index is 0.0454. The molecule has 0 radical (unpaired) electrons. The molecule has 8 aromatic rings. The minimum atomic E-state index is -0.486. The van der Waals surface area contributed by atoms with Crippen LogP contribution in [0.2, 0.25) is 0 Å². The van der Waals surface area contributed by atoms with Gasteiger partial charge in [-0.1, -0.05) is 227 Å². The van der Waals surface area contributed by atoms with Crippen LogP contribution in [0, 0.1) is 5.92 Å². The van der Waals surface area contributed by atoms with E-state index < -0.39 is 12.1 Å². The number of benzene rings is 8. The average molecular weight is 1830 g/mol. The summed E-state index contributed by atoms with van der Waals surface area (Å²) in [5.74, 6) is 7.97. The number of esters is 3. The molecule has 0 bridgehead atoms. The molecule has 2 aliphatic heterocycles. The molecule has 728 valence electrons. The van der Waals surface area contributed by atoms with Gasteiger partial charge in [0.15, 0.2) is 6.61 Å². The number of rotatable bonds is 36. The van der Waals surface area contributed by atoms with Crippen LogP contribution in [0.3, 0.4) is 0 Å². The molecule has 1 saturated carbocycles. The van der Waals surface area contributed by atoms with Crippen LogP contribution in [-0.4, -0.2) is 184 Å². The van der Waals surface area contributed by atoms with Crippen molar-refractivity contribution in [2.45, 2.75) is 261 Å². The van der Waals surface area contributed by atoms with Gasteiger partial charge >= 0.3 is 30.0 Å². The van der Waals surface area contributed by atoms with Crippen molar-refractivity contribution >= 4 is 30.0 Å². The average Bonchev–Trinajstić information content (AvgIpc) is 0.836. The van der Waals surface area contributed by atoms with Crippen molar-refractivity contribution in [3.05, 3.63) is 239 Å². The Labute approximate surface area is 789 Å². The number of ether oxygens (including phenoxy) is 10. The van der Waals surface area contributed by atoms with E-state index in [9.17, 15) is 24.0 Å². The molecule has 1 aliphatic carbocycles. The molecule has 3 fully saturated rings. The lowest BCUT2D eigenvalue weighted by atomic mass is 9.89. The van der Waals surface area contributed by atoms with Crippen LogP contribution >= 0.6 is 0 Å². The number of aromatic hydroxyl groups is 4. The van der Waals surface area contributed by atoms with E-state index in [0.717, 1.165) is 82.8 Å². The molecule has 23 nitrogen and oxygen atoms in total. The van der Waals surface area contributed by atoms with Gasteiger partial charge in [0, 0.05) is 35.4 Å². The first-order valence-electron chi connectivity index (χ1n) is 47.4. The fourth-order valence-corrected chi connectivity index (χ4v) is 14.1. The van der Waals surface area contributed by atoms with Gasteiger partial charge in [-0.2, -0.15) is 0 Å². The highest BCUT2D eigenvalue weighted by Crippen LogP contribution is 2.31. The smallest absolute Gasteiger partial charge is 0.344 e. The van der Waals surface area contributed by atoms with Crippen LogP contribution in [0.25, 0.3) is 0 Å². The Morgan fingerprint density at radius 2 is 0.568 bits per heavy atom. The monoisotopic (exact) mass is 1830 g/mol. The second-order valence-corrected chi connectivity index (χ2v) is 34.3. The molecular formula is C109H158N4O19. The van der Waals surface area contributed by atoms with E-state index in [1.54, 1.807) is 72.6 Å². The standard InChI is InChI=1S/C20H30N2O6.C20H32N2O5.C17H24O2.C12H16O2.4C10H14O/c1-5-15(2)16-6-8-17(9-7-16)27-12-19(23)28-18-10-21(13-25-3)20(24)22(11-18)14-26-4;1-5-16(2)17-6-8-18(9-7-17)26-10-11-27-19-12-21(14-24-3)20(23)22(13-19)15-25-4;1-3-13(2)14-9-11-16(12-10-14)19-17(18)15-7-5-4-6-8-15;1-4-9(2)11-5-7-12(8-6-11)14-10(3)13;4*1-3-8(2)9-4-6-10(11)7-5-9/h6-9,15,18H,5,10-14H2,1-4H3;6-9,16,19H,5,10-15H2,1-4H3;9-13,15H,3-8H2,1-2H3;5-9H,4H2,1-3H3;4*4-8,11H,3H2,1-2H3. The Kier molecular flexibility index (Phi) is 55.3. The third-order valence-corrected chi connectivity index (χ3v) is 24.2. The lowest BCUT2D eigenvalue weighted by Crippen LogP contribution is -2.57. The minimum Gasteiger partial charge on any atom is -0.508 e. The number of methoxy groups -OCH3 is 4. The van der Waals surface area contributed by atoms with E-state index in [2.05, 4.69) is 135 Å². The highest BCUT2D eigenvalue weighted by Gasteiger charge is 2.35. The molecule has 2 heterocycles. The maximum Gasteiger partial charge on any atom is 0.344 e. The first-order valence-corrected chi connectivity index (χ1v) is 47.4. The summed E-state index contributed by atoms with van der Waals surface area (Å²) in [5, 5.41) is 36.0. The molecule has 132 heavy (non-hydrogen) atoms. The summed E-state index contributed by atoms with van der Waals surface area (Å²) in [6, 6.07) is 61.0. The van der Waals surface area contributed by atoms with Gasteiger partial charge in [-0.15, -0.1) is 0 Å². The highest BCUT2D eigenvalue weighted by atomic mass is 16.6. The number of phenolic OH excluding ortho intramolecular Hbond substituents is 4. The van der Waals surface area contributed by atoms with Gasteiger partial charge in [0.2, 0.25) is 0 Å². The summed E-state index contributed by atoms with van der Waals surface area (Å²) in [6.45, 7) is 39.2. The number of hydrogen-bond acceptors (Lipinski definition) is 19. The number of phenols is 4. The number of carbonyl (C=O) groups excluding carboxylic acids is 5. The molecule has 8 unspecified atom stereocenters. The normalized spacial score (nSPS) is 15.0. The lowest BCUT2D eigenvalue weighted by molar-refractivity contribution is -0.155. The van der Waals surface area contributed by atoms with Crippen LogP contribution in [0.1, 0.15) is 293 Å². The van der Waals surface area contributed by atoms with E-state index in [1.807, 2.05) is 121 Å². The summed E-state index contributed by atoms with van der Waals surface area (Å²) in [4.78, 5) is 65.6. The topological polar surface area (TPSA) is 272 Å². The molecule has 8 aromatic carbocycles. The molecule has 23 heteroatoms. The van der Waals surface area contributed by atoms with Gasteiger partial charge in [-0.3, -0.25) is 29.2 Å². The predicted molar refractivity (Wildman–Crippen MR) is 527 cm³/mol. The molecule has 3 aliphatic rings. The highest BCUT2D eigenvalue weighted by molar-refractivity contribution is 5.77. The molecule has 8 atom stereocenters. The van der Waals surface area contributed by atoms with Crippen molar-refractivity contribution in [3.63, 3.8) is 0 Å². The van der Waals surface area contributed by atoms with E-state index in [1.165, 1.54) is 81.9 Å². The fourth-order valence-electron chi connectivity index (χ4n) is 14.1. The van der Waals surface area contributed by atoms with Crippen molar-refractivity contribution in [1.82, 2.24) is 19.6 Å². The van der Waals surface area contributed by atoms with Crippen LogP contribution in [0.15, 0.2) is 194 Å². The Bertz CT molecular complexity index is 4180. The molecule has 4 amide bonds. The number of hydrogen-bond donors (Lipinski definition) is 4. The molecule has 0 aromatic heterocycles. The summed E-state index contributed by atoms with van der Waals surface area (Å²) >= 11 is 0. The molecule has 0 spiro atoms. The summed E-state index contributed by atoms with van der Waals surface area (Å²) in [6.07, 6.45) is 14.0. The summed E-state index contributed by atoms with van der Waals surface area (Å²) in [5.41, 5.74) is 10.3. The predicted octanol–water partition coefficient (Wildman–Crippen LogP) is 24.8. The van der Waals surface area contributed by atoms with Crippen molar-refractivity contribution in [2.75, 3.05) is 101 Å². The second-order valence-electron chi connectivity index (χ2n) is 34.3. The van der Waals surface area contributed by atoms with Crippen molar-refractivity contribution in [1.29, 1.82) is 0 Å². The largest absolute Gasteiger partial charge is 0.508 e. The molecule has 11 rings (SSSR count). The zero-order valence-corrected chi connectivity index (χ0v) is 83.0. The molecule has 2 saturated heterocycles. The van der Waals surface area contributed by atoms with E-state index in [0.29, 0.717) is 114 Å². The zero-order valence-electron chi connectivity index (χ0n) is 83.0. The van der Waals surface area contributed by atoms with Gasteiger partial charge in [0.05, 0.1) is 44.8 Å². The Balaban J connectivity index is 0.000000325. The first-order chi connectivity index (χ1) is 63.3. The van der Waals surface area contributed by atoms with Gasteiger partial charge in [-0.25, -0.2) is 14.4 Å². The fraction of sp³-hybridized carbons (Fsp3) is 0.514. The Morgan fingerprint density at radius 3 is 0.826 bits per heavy atom. The first kappa shape index (κ1) is 114. The second kappa shape index (κ2) is 64.2. The summed E-state index contributed by atoms with van der Waals surface area (Å²) in [7, 11) is 6.14. The van der Waals surface area contributed by atoms with Crippen LogP contribution in [-0.2, 0) is 42.8 Å². The third-order valence-electron chi connectivity index (χ3n) is 24.2. The Hall–Kier alpha value is -10.7. The van der Waals surface area contributed by atoms with E-state index in [-0.39, 0.29) is 82.6 Å². The maximum atomic E-state index is 12.3. The van der Waals surface area contributed by atoms with Crippen LogP contribution < -0.4 is 18.9 Å². The number of nitrogens with zero attached hydrogens (tertiary/aromatic N) is 4. The van der Waals surface area contributed by atoms with E-state index in [4.69, 9.17) is 67.8 Å². The van der Waals surface area contributed by atoms with Gasteiger partial charge in [0.1, 0.15) is 85.6 Å². The van der Waals surface area contributed by atoms with Gasteiger partial charge in [0.25, 0.3) is 0 Å². The van der Waals surface area contributed by atoms with E-state index >= 15 is 0 Å². The van der Waals surface area contributed by atoms with Crippen LogP contribution in [0.4, 0.5) is 9.59 Å². The Morgan fingerprint density at radius 1 is 0.326 bits per heavy atom. The van der Waals surface area contributed by atoms with Gasteiger partial charge in [-0.05, 0) is 253 Å². The lowest BCUT2D eigenvalue weighted by Gasteiger charge is -2.39. The summed E-state index contributed by atoms with van der Waals surface area (Å²) < 4.78 is 53.4. The molecule has 4 N–H and O–H groups in total. The number of carbonyl (C=O) groups is 5. The van der Waals surface area contributed by atoms with Crippen molar-refractivity contribution < 1.29 is 91.8 Å². The SMILES string of the molecule is CCC(C)c1ccc(O)cc1.CCC(C)c1ccc(O)cc1.CCC(C)c1ccc(O)cc1.CCC(C)c1ccc(O)cc1.CCC(C)c1ccc(OC(=O)C2CCCCC2)cc1.CCC(C)c1ccc(OC(C)=O)cc1.CCC(C)c1ccc(OCC(=O)OC2CN(COC)C(=O)N(COC)C2)cc1.CCC(C)c1ccc(OCCOC2CN(COC)C(=O)N(COC)C2)cc1. The van der Waals surface area contributed by atoms with Crippen molar-refractivity contribution in [3.8, 4) is 46.0 Å². The third kappa shape index (κ3) is 42.9. The number of urea groups is 2. The zero-order chi connectivity index (χ0) is 97.5. The number of amides is 4. The van der Waals surface area contributed by atoms with Crippen molar-refractivity contribution in [2.24, 2.45) is 5.92 Å². The molecular weight excluding hydrogens is 1670 g/mol. The maximum absolute atomic E-state index is 12.3. The van der Waals surface area contributed by atoms with Crippen LogP contribution in [0.5, 0.6) is 46.0 Å².